The van der Waals surface area contributed by atoms with Gasteiger partial charge in [0.15, 0.2) is 0 Å². The molecule has 2 rings (SSSR count). The molecule has 0 saturated heterocycles. The molecule has 0 amide bonds. The monoisotopic (exact) mass is 245 g/mol. The standard InChI is InChI=1S/C15H23N3/c1-11(12-5-3-2-4-6-12)18-14-9-7-13(8-10-14)15(16)17/h7,9-10,12-13,18H,1-6,8H2,(H3,16,17)/t13-/m0/s1. The van der Waals surface area contributed by atoms with E-state index in [0.29, 0.717) is 5.92 Å². The van der Waals surface area contributed by atoms with Crippen LogP contribution in [-0.2, 0) is 0 Å². The maximum atomic E-state index is 7.42. The van der Waals surface area contributed by atoms with Crippen LogP contribution in [0.3, 0.4) is 0 Å². The number of hydrogen-bond acceptors (Lipinski definition) is 2. The van der Waals surface area contributed by atoms with Gasteiger partial charge < -0.3 is 11.1 Å². The molecule has 1 saturated carbocycles. The fraction of sp³-hybridized carbons (Fsp3) is 0.533. The van der Waals surface area contributed by atoms with Gasteiger partial charge in [-0.3, -0.25) is 5.41 Å². The maximum Gasteiger partial charge on any atom is 0.0979 e. The Bertz CT molecular complexity index is 387. The number of amidine groups is 1. The van der Waals surface area contributed by atoms with Crippen LogP contribution >= 0.6 is 0 Å². The van der Waals surface area contributed by atoms with Gasteiger partial charge >= 0.3 is 0 Å². The fourth-order valence-corrected chi connectivity index (χ4v) is 2.68. The summed E-state index contributed by atoms with van der Waals surface area (Å²) in [4.78, 5) is 0. The minimum Gasteiger partial charge on any atom is -0.387 e. The van der Waals surface area contributed by atoms with E-state index >= 15 is 0 Å². The number of nitrogens with two attached hydrogens (primary N) is 1. The second-order valence-electron chi connectivity index (χ2n) is 5.30. The van der Waals surface area contributed by atoms with E-state index < -0.39 is 0 Å². The Labute approximate surface area is 109 Å². The first-order chi connectivity index (χ1) is 8.66. The summed E-state index contributed by atoms with van der Waals surface area (Å²) < 4.78 is 0. The van der Waals surface area contributed by atoms with Crippen molar-refractivity contribution in [2.75, 3.05) is 0 Å². The zero-order valence-corrected chi connectivity index (χ0v) is 10.9. The summed E-state index contributed by atoms with van der Waals surface area (Å²) in [6.45, 7) is 4.17. The molecule has 1 atom stereocenters. The lowest BCUT2D eigenvalue weighted by Gasteiger charge is -2.26. The molecule has 3 heteroatoms. The van der Waals surface area contributed by atoms with Gasteiger partial charge in [-0.25, -0.2) is 0 Å². The van der Waals surface area contributed by atoms with Crippen molar-refractivity contribution in [2.45, 2.75) is 38.5 Å². The van der Waals surface area contributed by atoms with Crippen molar-refractivity contribution in [1.82, 2.24) is 5.32 Å². The highest BCUT2D eigenvalue weighted by atomic mass is 14.9. The summed E-state index contributed by atoms with van der Waals surface area (Å²) in [5, 5.41) is 10.8. The molecule has 18 heavy (non-hydrogen) atoms. The van der Waals surface area contributed by atoms with Crippen molar-refractivity contribution in [3.63, 3.8) is 0 Å². The van der Waals surface area contributed by atoms with E-state index in [0.717, 1.165) is 17.8 Å². The number of rotatable bonds is 4. The molecule has 3 nitrogen and oxygen atoms in total. The number of allylic oxidation sites excluding steroid dienone is 3. The van der Waals surface area contributed by atoms with Crippen molar-refractivity contribution in [1.29, 1.82) is 5.41 Å². The molecular formula is C15H23N3. The molecule has 2 aliphatic rings. The number of hydrogen-bond donors (Lipinski definition) is 3. The van der Waals surface area contributed by atoms with Crippen LogP contribution in [0.1, 0.15) is 38.5 Å². The molecular weight excluding hydrogens is 222 g/mol. The quantitative estimate of drug-likeness (QED) is 0.526. The first kappa shape index (κ1) is 12.9. The smallest absolute Gasteiger partial charge is 0.0979 e. The van der Waals surface area contributed by atoms with Crippen molar-refractivity contribution in [2.24, 2.45) is 17.6 Å². The maximum absolute atomic E-state index is 7.42. The Kier molecular flexibility index (Phi) is 4.24. The average molecular weight is 245 g/mol. The Balaban J connectivity index is 1.85. The van der Waals surface area contributed by atoms with Crippen LogP contribution in [-0.4, -0.2) is 5.84 Å². The molecule has 0 aromatic rings. The van der Waals surface area contributed by atoms with E-state index in [4.69, 9.17) is 11.1 Å². The highest BCUT2D eigenvalue weighted by molar-refractivity contribution is 5.81. The zero-order chi connectivity index (χ0) is 13.0. The van der Waals surface area contributed by atoms with Gasteiger partial charge in [0, 0.05) is 17.3 Å². The second-order valence-corrected chi connectivity index (χ2v) is 5.30. The first-order valence-corrected chi connectivity index (χ1v) is 6.85. The van der Waals surface area contributed by atoms with Gasteiger partial charge in [-0.1, -0.05) is 38.0 Å². The average Bonchev–Trinajstić information content (AvgIpc) is 2.40. The summed E-state index contributed by atoms with van der Waals surface area (Å²) in [5.74, 6) is 0.935. The van der Waals surface area contributed by atoms with Gasteiger partial charge in [-0.15, -0.1) is 0 Å². The van der Waals surface area contributed by atoms with E-state index in [9.17, 15) is 0 Å². The van der Waals surface area contributed by atoms with Crippen LogP contribution in [0, 0.1) is 17.2 Å². The van der Waals surface area contributed by atoms with Crippen molar-refractivity contribution in [3.05, 3.63) is 36.2 Å². The summed E-state index contributed by atoms with van der Waals surface area (Å²) in [5.41, 5.74) is 7.74. The van der Waals surface area contributed by atoms with E-state index in [-0.39, 0.29) is 11.8 Å². The predicted molar refractivity (Wildman–Crippen MR) is 76.1 cm³/mol. The van der Waals surface area contributed by atoms with Crippen LogP contribution in [0.25, 0.3) is 0 Å². The Morgan fingerprint density at radius 3 is 2.61 bits per heavy atom. The Morgan fingerprint density at radius 1 is 1.33 bits per heavy atom. The molecule has 0 aliphatic heterocycles. The lowest BCUT2D eigenvalue weighted by molar-refractivity contribution is 0.392. The second kappa shape index (κ2) is 5.89. The molecule has 0 heterocycles. The summed E-state index contributed by atoms with van der Waals surface area (Å²) in [7, 11) is 0. The van der Waals surface area contributed by atoms with Gasteiger partial charge in [-0.05, 0) is 31.3 Å². The van der Waals surface area contributed by atoms with Crippen LogP contribution < -0.4 is 11.1 Å². The fourth-order valence-electron chi connectivity index (χ4n) is 2.68. The van der Waals surface area contributed by atoms with E-state index in [1.807, 2.05) is 12.2 Å². The highest BCUT2D eigenvalue weighted by Crippen LogP contribution is 2.28. The number of nitrogens with one attached hydrogen (secondary N) is 2. The third kappa shape index (κ3) is 3.25. The minimum atomic E-state index is 0.0681. The van der Waals surface area contributed by atoms with Gasteiger partial charge in [0.1, 0.15) is 0 Å². The lowest BCUT2D eigenvalue weighted by Crippen LogP contribution is -2.24. The highest BCUT2D eigenvalue weighted by Gasteiger charge is 2.17. The summed E-state index contributed by atoms with van der Waals surface area (Å²) >= 11 is 0. The van der Waals surface area contributed by atoms with E-state index in [2.05, 4.69) is 18.0 Å². The Morgan fingerprint density at radius 2 is 2.06 bits per heavy atom. The first-order valence-electron chi connectivity index (χ1n) is 6.85. The molecule has 0 aromatic heterocycles. The van der Waals surface area contributed by atoms with Gasteiger partial charge in [0.25, 0.3) is 0 Å². The largest absolute Gasteiger partial charge is 0.387 e. The summed E-state index contributed by atoms with van der Waals surface area (Å²) in [6, 6.07) is 0. The molecule has 0 aromatic carbocycles. The third-order valence-corrected chi connectivity index (χ3v) is 3.90. The SMILES string of the molecule is C=C(NC1=CC[C@@H](C(=N)N)C=C1)C1CCCCC1. The zero-order valence-electron chi connectivity index (χ0n) is 10.9. The van der Waals surface area contributed by atoms with Crippen molar-refractivity contribution < 1.29 is 0 Å². The van der Waals surface area contributed by atoms with Crippen molar-refractivity contribution in [3.8, 4) is 0 Å². The molecule has 0 unspecified atom stereocenters. The van der Waals surface area contributed by atoms with E-state index in [1.165, 1.54) is 32.1 Å². The molecule has 0 bridgehead atoms. The van der Waals surface area contributed by atoms with E-state index in [1.54, 1.807) is 0 Å². The third-order valence-electron chi connectivity index (χ3n) is 3.90. The van der Waals surface area contributed by atoms with Crippen LogP contribution in [0.2, 0.25) is 0 Å². The lowest BCUT2D eigenvalue weighted by atomic mass is 9.87. The topological polar surface area (TPSA) is 61.9 Å². The molecule has 0 spiro atoms. The van der Waals surface area contributed by atoms with Crippen LogP contribution in [0.4, 0.5) is 0 Å². The van der Waals surface area contributed by atoms with Crippen molar-refractivity contribution >= 4 is 5.84 Å². The molecule has 98 valence electrons. The van der Waals surface area contributed by atoms with Crippen LogP contribution in [0.5, 0.6) is 0 Å². The summed E-state index contributed by atoms with van der Waals surface area (Å²) in [6.07, 6.45) is 13.5. The minimum absolute atomic E-state index is 0.0681. The molecule has 2 aliphatic carbocycles. The molecule has 4 N–H and O–H groups in total. The predicted octanol–water partition coefficient (Wildman–Crippen LogP) is 3.07. The molecule has 0 radical (unpaired) electrons. The Hall–Kier alpha value is -1.51. The van der Waals surface area contributed by atoms with Crippen LogP contribution in [0.15, 0.2) is 36.2 Å². The van der Waals surface area contributed by atoms with Gasteiger partial charge in [0.05, 0.1) is 5.84 Å². The van der Waals surface area contributed by atoms with Gasteiger partial charge in [-0.2, -0.15) is 0 Å². The normalized spacial score (nSPS) is 24.4. The molecule has 1 fully saturated rings. The van der Waals surface area contributed by atoms with Gasteiger partial charge in [0.2, 0.25) is 0 Å².